The van der Waals surface area contributed by atoms with Crippen molar-refractivity contribution in [3.8, 4) is 16.3 Å². The van der Waals surface area contributed by atoms with Gasteiger partial charge in [-0.2, -0.15) is 0 Å². The highest BCUT2D eigenvalue weighted by Crippen LogP contribution is 2.29. The number of aromatic nitrogens is 1. The summed E-state index contributed by atoms with van der Waals surface area (Å²) in [6, 6.07) is 7.75. The Morgan fingerprint density at radius 3 is 2.78 bits per heavy atom. The number of carbonyl (C=O) groups is 1. The van der Waals surface area contributed by atoms with Crippen molar-refractivity contribution in [2.24, 2.45) is 4.99 Å². The van der Waals surface area contributed by atoms with Crippen molar-refractivity contribution in [2.75, 3.05) is 18.9 Å². The number of thiazole rings is 1. The molecule has 0 atom stereocenters. The van der Waals surface area contributed by atoms with E-state index in [1.54, 1.807) is 11.8 Å². The third kappa shape index (κ3) is 3.73. The monoisotopic (exact) mass is 347 g/mol. The van der Waals surface area contributed by atoms with E-state index in [9.17, 15) is 4.79 Å². The van der Waals surface area contributed by atoms with Crippen LogP contribution in [0.3, 0.4) is 0 Å². The van der Waals surface area contributed by atoms with Gasteiger partial charge in [0, 0.05) is 11.3 Å². The molecule has 3 rings (SSSR count). The third-order valence-electron chi connectivity index (χ3n) is 3.22. The molecule has 1 aromatic carbocycles. The van der Waals surface area contributed by atoms with E-state index in [0.29, 0.717) is 16.7 Å². The lowest BCUT2D eigenvalue weighted by Gasteiger charge is -2.03. The smallest absolute Gasteiger partial charge is 0.269 e. The zero-order chi connectivity index (χ0) is 16.2. The summed E-state index contributed by atoms with van der Waals surface area (Å²) in [5.41, 5.74) is 1.72. The number of rotatable bonds is 4. The normalized spacial score (nSPS) is 13.7. The second-order valence-corrected chi connectivity index (χ2v) is 6.96. The molecule has 1 aliphatic rings. The van der Waals surface area contributed by atoms with E-state index in [1.165, 1.54) is 11.3 Å². The quantitative estimate of drug-likeness (QED) is 0.921. The van der Waals surface area contributed by atoms with Crippen LogP contribution in [0.4, 0.5) is 0 Å². The van der Waals surface area contributed by atoms with Gasteiger partial charge in [-0.3, -0.25) is 9.79 Å². The van der Waals surface area contributed by atoms with Gasteiger partial charge < -0.3 is 10.1 Å². The fourth-order valence-corrected chi connectivity index (χ4v) is 3.85. The zero-order valence-electron chi connectivity index (χ0n) is 13.0. The Labute approximate surface area is 143 Å². The molecule has 0 fully saturated rings. The molecule has 5 nitrogen and oxygen atoms in total. The van der Waals surface area contributed by atoms with Crippen LogP contribution in [0.5, 0.6) is 5.75 Å². The summed E-state index contributed by atoms with van der Waals surface area (Å²) in [7, 11) is 0. The van der Waals surface area contributed by atoms with Crippen molar-refractivity contribution in [1.29, 1.82) is 0 Å². The number of carbonyl (C=O) groups excluding carboxylic acids is 1. The SMILES string of the molecule is CCOc1ccc(-c2nc(C)c(C(=O)NC3=NCCS3)s2)cc1. The number of nitrogens with one attached hydrogen (secondary N) is 1. The van der Waals surface area contributed by atoms with Crippen LogP contribution in [0, 0.1) is 6.92 Å². The Kier molecular flexibility index (Phi) is 4.97. The Balaban J connectivity index is 1.78. The molecule has 0 radical (unpaired) electrons. The first kappa shape index (κ1) is 16.0. The standard InChI is InChI=1S/C16H17N3O2S2/c1-3-21-12-6-4-11(5-7-12)15-18-10(2)13(23-15)14(20)19-16-17-8-9-22-16/h4-7H,3,8-9H2,1-2H3,(H,17,19,20). The first-order chi connectivity index (χ1) is 11.2. The number of aryl methyl sites for hydroxylation is 1. The van der Waals surface area contributed by atoms with Gasteiger partial charge in [0.1, 0.15) is 15.6 Å². The predicted molar refractivity (Wildman–Crippen MR) is 95.7 cm³/mol. The van der Waals surface area contributed by atoms with Crippen molar-refractivity contribution in [1.82, 2.24) is 10.3 Å². The minimum Gasteiger partial charge on any atom is -0.494 e. The summed E-state index contributed by atoms with van der Waals surface area (Å²) >= 11 is 2.96. The Morgan fingerprint density at radius 1 is 1.35 bits per heavy atom. The van der Waals surface area contributed by atoms with Gasteiger partial charge in [0.05, 0.1) is 18.8 Å². The fraction of sp³-hybridized carbons (Fsp3) is 0.312. The number of amides is 1. The number of nitrogens with zero attached hydrogens (tertiary/aromatic N) is 2. The van der Waals surface area contributed by atoms with Gasteiger partial charge in [-0.1, -0.05) is 11.8 Å². The van der Waals surface area contributed by atoms with Gasteiger partial charge in [0.2, 0.25) is 0 Å². The summed E-state index contributed by atoms with van der Waals surface area (Å²) in [5, 5.41) is 4.38. The summed E-state index contributed by atoms with van der Waals surface area (Å²) < 4.78 is 5.44. The summed E-state index contributed by atoms with van der Waals surface area (Å²) in [4.78, 5) is 21.7. The molecule has 0 bridgehead atoms. The van der Waals surface area contributed by atoms with E-state index in [1.807, 2.05) is 38.1 Å². The third-order valence-corrected chi connectivity index (χ3v) is 5.32. The van der Waals surface area contributed by atoms with Gasteiger partial charge in [0.15, 0.2) is 5.17 Å². The van der Waals surface area contributed by atoms with Crippen molar-refractivity contribution in [3.05, 3.63) is 34.8 Å². The van der Waals surface area contributed by atoms with Crippen LogP contribution in [-0.2, 0) is 0 Å². The number of aliphatic imine (C=N–C) groups is 1. The molecular weight excluding hydrogens is 330 g/mol. The summed E-state index contributed by atoms with van der Waals surface area (Å²) in [6.07, 6.45) is 0. The van der Waals surface area contributed by atoms with E-state index < -0.39 is 0 Å². The molecule has 0 saturated heterocycles. The minimum atomic E-state index is -0.134. The van der Waals surface area contributed by atoms with Crippen molar-refractivity contribution < 1.29 is 9.53 Å². The molecule has 0 spiro atoms. The lowest BCUT2D eigenvalue weighted by Crippen LogP contribution is -2.27. The average Bonchev–Trinajstić information content (AvgIpc) is 3.18. The fourth-order valence-electron chi connectivity index (χ4n) is 2.16. The maximum absolute atomic E-state index is 12.4. The highest BCUT2D eigenvalue weighted by Gasteiger charge is 2.19. The van der Waals surface area contributed by atoms with Gasteiger partial charge in [0.25, 0.3) is 5.91 Å². The van der Waals surface area contributed by atoms with E-state index in [4.69, 9.17) is 4.74 Å². The number of ether oxygens (including phenoxy) is 1. The molecule has 23 heavy (non-hydrogen) atoms. The number of benzene rings is 1. The van der Waals surface area contributed by atoms with E-state index >= 15 is 0 Å². The average molecular weight is 347 g/mol. The lowest BCUT2D eigenvalue weighted by molar-refractivity contribution is 0.0981. The Morgan fingerprint density at radius 2 is 2.13 bits per heavy atom. The second-order valence-electron chi connectivity index (χ2n) is 4.88. The Hall–Kier alpha value is -1.86. The first-order valence-corrected chi connectivity index (χ1v) is 9.17. The minimum absolute atomic E-state index is 0.134. The first-order valence-electron chi connectivity index (χ1n) is 7.36. The van der Waals surface area contributed by atoms with Gasteiger partial charge in [-0.05, 0) is 38.1 Å². The van der Waals surface area contributed by atoms with Gasteiger partial charge >= 0.3 is 0 Å². The maximum atomic E-state index is 12.4. The van der Waals surface area contributed by atoms with Crippen LogP contribution in [-0.4, -0.2) is 35.0 Å². The molecule has 0 aliphatic carbocycles. The van der Waals surface area contributed by atoms with E-state index in [0.717, 1.165) is 34.3 Å². The molecule has 2 heterocycles. The van der Waals surface area contributed by atoms with Crippen molar-refractivity contribution in [2.45, 2.75) is 13.8 Å². The van der Waals surface area contributed by atoms with Crippen LogP contribution >= 0.6 is 23.1 Å². The second kappa shape index (κ2) is 7.14. The van der Waals surface area contributed by atoms with Gasteiger partial charge in [-0.15, -0.1) is 11.3 Å². The Bertz CT molecular complexity index is 738. The van der Waals surface area contributed by atoms with Crippen LogP contribution in [0.15, 0.2) is 29.3 Å². The molecule has 2 aromatic rings. The van der Waals surface area contributed by atoms with Crippen molar-refractivity contribution >= 4 is 34.2 Å². The molecule has 120 valence electrons. The molecule has 7 heteroatoms. The molecule has 1 N–H and O–H groups in total. The van der Waals surface area contributed by atoms with Crippen LogP contribution in [0.25, 0.3) is 10.6 Å². The predicted octanol–water partition coefficient (Wildman–Crippen LogP) is 3.35. The lowest BCUT2D eigenvalue weighted by atomic mass is 10.2. The molecule has 0 saturated carbocycles. The number of hydrogen-bond acceptors (Lipinski definition) is 6. The highest BCUT2D eigenvalue weighted by atomic mass is 32.2. The topological polar surface area (TPSA) is 63.6 Å². The summed E-state index contributed by atoms with van der Waals surface area (Å²) in [5.74, 6) is 1.62. The highest BCUT2D eigenvalue weighted by molar-refractivity contribution is 8.14. The van der Waals surface area contributed by atoms with Crippen LogP contribution < -0.4 is 10.1 Å². The molecule has 1 aromatic heterocycles. The van der Waals surface area contributed by atoms with Crippen LogP contribution in [0.1, 0.15) is 22.3 Å². The maximum Gasteiger partial charge on any atom is 0.269 e. The van der Waals surface area contributed by atoms with Crippen molar-refractivity contribution in [3.63, 3.8) is 0 Å². The number of hydrogen-bond donors (Lipinski definition) is 1. The zero-order valence-corrected chi connectivity index (χ0v) is 14.6. The van der Waals surface area contributed by atoms with E-state index in [-0.39, 0.29) is 5.91 Å². The van der Waals surface area contributed by atoms with Gasteiger partial charge in [-0.25, -0.2) is 4.98 Å². The largest absolute Gasteiger partial charge is 0.494 e. The number of thioether (sulfide) groups is 1. The number of amidine groups is 1. The molecule has 1 aliphatic heterocycles. The molecule has 0 unspecified atom stereocenters. The molecule has 1 amide bonds. The van der Waals surface area contributed by atoms with E-state index in [2.05, 4.69) is 15.3 Å². The summed E-state index contributed by atoms with van der Waals surface area (Å²) in [6.45, 7) is 5.21. The molecular formula is C16H17N3O2S2. The van der Waals surface area contributed by atoms with Crippen LogP contribution in [0.2, 0.25) is 0 Å².